The van der Waals surface area contributed by atoms with Gasteiger partial charge in [0.2, 0.25) is 0 Å². The average Bonchev–Trinajstić information content (AvgIpc) is 2.94. The van der Waals surface area contributed by atoms with Gasteiger partial charge in [-0.2, -0.15) is 0 Å². The van der Waals surface area contributed by atoms with E-state index in [4.69, 9.17) is 9.52 Å². The molecule has 8 nitrogen and oxygen atoms in total. The highest BCUT2D eigenvalue weighted by Gasteiger charge is 2.34. The Balaban J connectivity index is 1.66. The molecule has 0 radical (unpaired) electrons. The minimum atomic E-state index is -1.11. The van der Waals surface area contributed by atoms with Gasteiger partial charge in [-0.25, -0.2) is 9.48 Å². The maximum Gasteiger partial charge on any atom is 0.358 e. The van der Waals surface area contributed by atoms with E-state index in [2.05, 4.69) is 10.3 Å². The van der Waals surface area contributed by atoms with Gasteiger partial charge in [0.05, 0.1) is 17.8 Å². The number of aryl methyl sites for hydroxylation is 2. The number of aromatic nitrogens is 3. The van der Waals surface area contributed by atoms with Crippen LogP contribution in [0.2, 0.25) is 0 Å². The largest absolute Gasteiger partial charge is 0.476 e. The summed E-state index contributed by atoms with van der Waals surface area (Å²) in [6.45, 7) is 4.51. The lowest BCUT2D eigenvalue weighted by atomic mass is 10.1. The second-order valence-corrected chi connectivity index (χ2v) is 5.08. The summed E-state index contributed by atoms with van der Waals surface area (Å²) < 4.78 is 6.84. The molecule has 0 aliphatic carbocycles. The molecule has 110 valence electrons. The number of hydrogen-bond donors (Lipinski definition) is 1. The Hall–Kier alpha value is -2.64. The molecule has 0 unspecified atom stereocenters. The molecular formula is C13H14N4O4. The monoisotopic (exact) mass is 290 g/mol. The first kappa shape index (κ1) is 13.3. The molecule has 2 aromatic heterocycles. The minimum Gasteiger partial charge on any atom is -0.476 e. The first-order valence-electron chi connectivity index (χ1n) is 6.47. The molecule has 0 saturated carbocycles. The third-order valence-electron chi connectivity index (χ3n) is 3.52. The van der Waals surface area contributed by atoms with Crippen molar-refractivity contribution in [3.63, 3.8) is 0 Å². The number of likely N-dealkylation sites (tertiary alicyclic amines) is 1. The fraction of sp³-hybridized carbons (Fsp3) is 0.385. The SMILES string of the molecule is Cc1cc(C(=O)N2CC(n3cc(C(=O)O)nn3)C2)c(C)o1. The normalized spacial score (nSPS) is 15.0. The van der Waals surface area contributed by atoms with Crippen molar-refractivity contribution in [2.45, 2.75) is 19.9 Å². The van der Waals surface area contributed by atoms with Crippen molar-refractivity contribution in [1.82, 2.24) is 19.9 Å². The predicted molar refractivity (Wildman–Crippen MR) is 70.1 cm³/mol. The van der Waals surface area contributed by atoms with E-state index in [0.717, 1.165) is 0 Å². The van der Waals surface area contributed by atoms with E-state index in [9.17, 15) is 9.59 Å². The van der Waals surface area contributed by atoms with Gasteiger partial charge in [-0.3, -0.25) is 4.79 Å². The zero-order chi connectivity index (χ0) is 15.1. The van der Waals surface area contributed by atoms with Crippen LogP contribution in [0.1, 0.15) is 38.4 Å². The Morgan fingerprint density at radius 2 is 2.10 bits per heavy atom. The van der Waals surface area contributed by atoms with E-state index in [1.165, 1.54) is 10.9 Å². The number of hydrogen-bond acceptors (Lipinski definition) is 5. The Kier molecular flexibility index (Phi) is 3.00. The molecular weight excluding hydrogens is 276 g/mol. The Morgan fingerprint density at radius 1 is 1.38 bits per heavy atom. The van der Waals surface area contributed by atoms with Crippen LogP contribution in [0.5, 0.6) is 0 Å². The molecule has 0 spiro atoms. The van der Waals surface area contributed by atoms with Crippen LogP contribution in [-0.4, -0.2) is 50.0 Å². The number of carbonyl (C=O) groups is 2. The Bertz CT molecular complexity index is 712. The fourth-order valence-electron chi connectivity index (χ4n) is 2.36. The van der Waals surface area contributed by atoms with Crippen molar-refractivity contribution in [3.8, 4) is 0 Å². The highest BCUT2D eigenvalue weighted by atomic mass is 16.4. The van der Waals surface area contributed by atoms with Crippen molar-refractivity contribution in [2.24, 2.45) is 0 Å². The summed E-state index contributed by atoms with van der Waals surface area (Å²) in [5.41, 5.74) is 0.469. The van der Waals surface area contributed by atoms with E-state index in [1.807, 2.05) is 0 Å². The van der Waals surface area contributed by atoms with Crippen LogP contribution in [0.4, 0.5) is 0 Å². The first-order chi connectivity index (χ1) is 9.95. The molecule has 0 aromatic carbocycles. The van der Waals surface area contributed by atoms with Crippen molar-refractivity contribution in [1.29, 1.82) is 0 Å². The lowest BCUT2D eigenvalue weighted by Crippen LogP contribution is -2.51. The summed E-state index contributed by atoms with van der Waals surface area (Å²) in [5.74, 6) is 0.113. The zero-order valence-corrected chi connectivity index (χ0v) is 11.6. The predicted octanol–water partition coefficient (Wildman–Crippen LogP) is 0.883. The van der Waals surface area contributed by atoms with Gasteiger partial charge >= 0.3 is 5.97 Å². The van der Waals surface area contributed by atoms with Crippen LogP contribution in [0.25, 0.3) is 0 Å². The first-order valence-corrected chi connectivity index (χ1v) is 6.47. The number of aromatic carboxylic acids is 1. The van der Waals surface area contributed by atoms with Crippen LogP contribution in [0, 0.1) is 13.8 Å². The second-order valence-electron chi connectivity index (χ2n) is 5.08. The topological polar surface area (TPSA) is 101 Å². The summed E-state index contributed by atoms with van der Waals surface area (Å²) >= 11 is 0. The number of nitrogens with zero attached hydrogens (tertiary/aromatic N) is 4. The highest BCUT2D eigenvalue weighted by molar-refractivity contribution is 5.95. The number of carboxylic acids is 1. The van der Waals surface area contributed by atoms with Crippen LogP contribution >= 0.6 is 0 Å². The third kappa shape index (κ3) is 2.28. The van der Waals surface area contributed by atoms with Gasteiger partial charge in [-0.15, -0.1) is 5.10 Å². The summed E-state index contributed by atoms with van der Waals surface area (Å²) in [6, 6.07) is 1.69. The average molecular weight is 290 g/mol. The third-order valence-corrected chi connectivity index (χ3v) is 3.52. The van der Waals surface area contributed by atoms with E-state index < -0.39 is 5.97 Å². The van der Waals surface area contributed by atoms with Gasteiger partial charge in [0.1, 0.15) is 11.5 Å². The number of carbonyl (C=O) groups excluding carboxylic acids is 1. The molecule has 0 atom stereocenters. The van der Waals surface area contributed by atoms with Gasteiger partial charge in [-0.05, 0) is 19.9 Å². The van der Waals surface area contributed by atoms with Gasteiger partial charge < -0.3 is 14.4 Å². The summed E-state index contributed by atoms with van der Waals surface area (Å²) in [6.07, 6.45) is 1.38. The number of amides is 1. The Labute approximate surface area is 120 Å². The maximum atomic E-state index is 12.3. The molecule has 3 heterocycles. The standard InChI is InChI=1S/C13H14N4O4/c1-7-3-10(8(2)21-7)12(18)16-4-9(5-16)17-6-11(13(19)20)14-15-17/h3,6,9H,4-5H2,1-2H3,(H,19,20). The van der Waals surface area contributed by atoms with Crippen LogP contribution < -0.4 is 0 Å². The fourth-order valence-corrected chi connectivity index (χ4v) is 2.36. The van der Waals surface area contributed by atoms with Gasteiger partial charge in [0.15, 0.2) is 5.69 Å². The smallest absolute Gasteiger partial charge is 0.358 e. The summed E-state index contributed by atoms with van der Waals surface area (Å²) in [7, 11) is 0. The van der Waals surface area contributed by atoms with E-state index in [0.29, 0.717) is 30.2 Å². The van der Waals surface area contributed by atoms with E-state index in [1.54, 1.807) is 24.8 Å². The molecule has 1 aliphatic heterocycles. The van der Waals surface area contributed by atoms with Crippen molar-refractivity contribution >= 4 is 11.9 Å². The zero-order valence-electron chi connectivity index (χ0n) is 11.6. The molecule has 8 heteroatoms. The molecule has 0 bridgehead atoms. The van der Waals surface area contributed by atoms with Crippen molar-refractivity contribution < 1.29 is 19.1 Å². The Morgan fingerprint density at radius 3 is 2.62 bits per heavy atom. The van der Waals surface area contributed by atoms with Gasteiger partial charge in [-0.1, -0.05) is 5.21 Å². The maximum absolute atomic E-state index is 12.3. The van der Waals surface area contributed by atoms with Crippen molar-refractivity contribution in [2.75, 3.05) is 13.1 Å². The molecule has 1 aliphatic rings. The number of furan rings is 1. The lowest BCUT2D eigenvalue weighted by molar-refractivity contribution is 0.0495. The van der Waals surface area contributed by atoms with E-state index >= 15 is 0 Å². The van der Waals surface area contributed by atoms with Crippen LogP contribution in [0.3, 0.4) is 0 Å². The highest BCUT2D eigenvalue weighted by Crippen LogP contribution is 2.24. The molecule has 1 saturated heterocycles. The molecule has 2 aromatic rings. The molecule has 1 N–H and O–H groups in total. The quantitative estimate of drug-likeness (QED) is 0.900. The molecule has 1 fully saturated rings. The summed E-state index contributed by atoms with van der Waals surface area (Å²) in [4.78, 5) is 24.7. The van der Waals surface area contributed by atoms with Crippen molar-refractivity contribution in [3.05, 3.63) is 35.0 Å². The molecule has 1 amide bonds. The van der Waals surface area contributed by atoms with Crippen LogP contribution in [0.15, 0.2) is 16.7 Å². The number of carboxylic acid groups (broad SMARTS) is 1. The van der Waals surface area contributed by atoms with Gasteiger partial charge in [0.25, 0.3) is 5.91 Å². The second kappa shape index (κ2) is 4.72. The minimum absolute atomic E-state index is 0.0390. The van der Waals surface area contributed by atoms with Crippen LogP contribution in [-0.2, 0) is 0 Å². The molecule has 21 heavy (non-hydrogen) atoms. The lowest BCUT2D eigenvalue weighted by Gasteiger charge is -2.38. The number of rotatable bonds is 3. The summed E-state index contributed by atoms with van der Waals surface area (Å²) in [5, 5.41) is 16.1. The van der Waals surface area contributed by atoms with E-state index in [-0.39, 0.29) is 17.6 Å². The molecule has 3 rings (SSSR count). The van der Waals surface area contributed by atoms with Gasteiger partial charge in [0, 0.05) is 13.1 Å².